The van der Waals surface area contributed by atoms with Crippen molar-refractivity contribution in [2.24, 2.45) is 0 Å². The fourth-order valence-electron chi connectivity index (χ4n) is 3.72. The summed E-state index contributed by atoms with van der Waals surface area (Å²) in [5.74, 6) is -0.105. The lowest BCUT2D eigenvalue weighted by atomic mass is 10.0. The molecule has 0 aliphatic carbocycles. The van der Waals surface area contributed by atoms with Crippen molar-refractivity contribution in [1.82, 2.24) is 0 Å². The van der Waals surface area contributed by atoms with Crippen LogP contribution in [0.4, 0.5) is 0 Å². The first kappa shape index (κ1) is 24.5. The molecule has 2 N–H and O–H groups in total. The largest absolute Gasteiger partial charge is 0.508 e. The number of ketones is 1. The summed E-state index contributed by atoms with van der Waals surface area (Å²) < 4.78 is 0. The number of benzene rings is 1. The van der Waals surface area contributed by atoms with E-state index in [1.54, 1.807) is 0 Å². The highest BCUT2D eigenvalue weighted by atomic mass is 16.3. The maximum atomic E-state index is 12.1. The van der Waals surface area contributed by atoms with Gasteiger partial charge in [0.25, 0.3) is 0 Å². The predicted molar refractivity (Wildman–Crippen MR) is 118 cm³/mol. The highest BCUT2D eigenvalue weighted by Crippen LogP contribution is 2.24. The van der Waals surface area contributed by atoms with Gasteiger partial charge in [-0.05, 0) is 24.6 Å². The second-order valence-electron chi connectivity index (χ2n) is 8.18. The minimum absolute atomic E-state index is 0.0214. The van der Waals surface area contributed by atoms with E-state index < -0.39 is 0 Å². The molecule has 3 heteroatoms. The summed E-state index contributed by atoms with van der Waals surface area (Å²) in [5.41, 5.74) is 0.237. The second-order valence-corrected chi connectivity index (χ2v) is 8.18. The van der Waals surface area contributed by atoms with E-state index in [9.17, 15) is 15.0 Å². The summed E-state index contributed by atoms with van der Waals surface area (Å²) in [5, 5.41) is 19.1. The predicted octanol–water partition coefficient (Wildman–Crippen LogP) is 7.93. The first-order valence-electron chi connectivity index (χ1n) is 11.7. The Kier molecular flexibility index (Phi) is 14.4. The van der Waals surface area contributed by atoms with Gasteiger partial charge in [0.1, 0.15) is 11.5 Å². The van der Waals surface area contributed by atoms with Gasteiger partial charge >= 0.3 is 0 Å². The molecule has 0 fully saturated rings. The van der Waals surface area contributed by atoms with Crippen LogP contribution in [-0.2, 0) is 0 Å². The molecule has 0 atom stereocenters. The number of hydrogen-bond acceptors (Lipinski definition) is 3. The van der Waals surface area contributed by atoms with Crippen LogP contribution in [0.5, 0.6) is 11.5 Å². The second kappa shape index (κ2) is 16.4. The molecule has 3 nitrogen and oxygen atoms in total. The van der Waals surface area contributed by atoms with Crippen LogP contribution in [0.2, 0.25) is 0 Å². The number of Topliss-reactive ketones (excluding diaryl/α,β-unsaturated/α-hetero) is 1. The molecule has 0 unspecified atom stereocenters. The summed E-state index contributed by atoms with van der Waals surface area (Å²) in [6, 6.07) is 4.11. The molecule has 160 valence electrons. The molecule has 1 rings (SSSR count). The molecule has 0 aliphatic heterocycles. The first-order valence-corrected chi connectivity index (χ1v) is 11.7. The molecular formula is C25H42O3. The van der Waals surface area contributed by atoms with Gasteiger partial charge in [-0.2, -0.15) is 0 Å². The zero-order valence-electron chi connectivity index (χ0n) is 18.1. The van der Waals surface area contributed by atoms with E-state index in [0.29, 0.717) is 6.42 Å². The van der Waals surface area contributed by atoms with E-state index in [2.05, 4.69) is 6.92 Å². The van der Waals surface area contributed by atoms with Gasteiger partial charge in [0.2, 0.25) is 0 Å². The quantitative estimate of drug-likeness (QED) is 0.152. The molecule has 28 heavy (non-hydrogen) atoms. The Balaban J connectivity index is 1.87. The van der Waals surface area contributed by atoms with Crippen LogP contribution in [-0.4, -0.2) is 16.0 Å². The van der Waals surface area contributed by atoms with Gasteiger partial charge in [-0.15, -0.1) is 0 Å². The van der Waals surface area contributed by atoms with Gasteiger partial charge in [0, 0.05) is 6.42 Å². The van der Waals surface area contributed by atoms with Crippen LogP contribution < -0.4 is 0 Å². The van der Waals surface area contributed by atoms with Gasteiger partial charge < -0.3 is 10.2 Å². The van der Waals surface area contributed by atoms with Crippen molar-refractivity contribution in [2.45, 2.75) is 116 Å². The van der Waals surface area contributed by atoms with E-state index in [0.717, 1.165) is 12.8 Å². The third kappa shape index (κ3) is 12.0. The van der Waals surface area contributed by atoms with Gasteiger partial charge in [-0.25, -0.2) is 0 Å². The van der Waals surface area contributed by atoms with Crippen molar-refractivity contribution in [3.8, 4) is 11.5 Å². The van der Waals surface area contributed by atoms with E-state index >= 15 is 0 Å². The van der Waals surface area contributed by atoms with Gasteiger partial charge in [0.15, 0.2) is 5.78 Å². The van der Waals surface area contributed by atoms with Gasteiger partial charge in [-0.1, -0.05) is 103 Å². The Hall–Kier alpha value is -1.51. The molecule has 0 aliphatic rings. The molecule has 0 saturated carbocycles. The van der Waals surface area contributed by atoms with Crippen LogP contribution in [0.3, 0.4) is 0 Å². The Morgan fingerprint density at radius 1 is 0.679 bits per heavy atom. The third-order valence-electron chi connectivity index (χ3n) is 5.54. The molecule has 0 saturated heterocycles. The van der Waals surface area contributed by atoms with Crippen LogP contribution in [0.15, 0.2) is 18.2 Å². The fourth-order valence-corrected chi connectivity index (χ4v) is 3.72. The van der Waals surface area contributed by atoms with E-state index in [1.807, 2.05) is 0 Å². The summed E-state index contributed by atoms with van der Waals surface area (Å²) in [4.78, 5) is 12.1. The van der Waals surface area contributed by atoms with Gasteiger partial charge in [-0.3, -0.25) is 4.79 Å². The Morgan fingerprint density at radius 2 is 1.11 bits per heavy atom. The minimum Gasteiger partial charge on any atom is -0.508 e. The zero-order valence-corrected chi connectivity index (χ0v) is 18.1. The van der Waals surface area contributed by atoms with Crippen LogP contribution in [0.25, 0.3) is 0 Å². The third-order valence-corrected chi connectivity index (χ3v) is 5.54. The Bertz CT molecular complexity index is 525. The van der Waals surface area contributed by atoms with Crippen LogP contribution in [0.1, 0.15) is 126 Å². The Labute approximate surface area is 172 Å². The molecule has 0 amide bonds. The number of carbonyl (C=O) groups is 1. The number of rotatable bonds is 18. The highest BCUT2D eigenvalue weighted by molar-refractivity contribution is 5.98. The lowest BCUT2D eigenvalue weighted by molar-refractivity contribution is 0.0976. The van der Waals surface area contributed by atoms with Crippen LogP contribution in [0, 0.1) is 0 Å². The molecule has 0 heterocycles. The average molecular weight is 391 g/mol. The number of aromatic hydroxyl groups is 2. The van der Waals surface area contributed by atoms with E-state index in [4.69, 9.17) is 0 Å². The van der Waals surface area contributed by atoms with Crippen LogP contribution >= 0.6 is 0 Å². The molecule has 0 bridgehead atoms. The molecule has 0 aromatic heterocycles. The summed E-state index contributed by atoms with van der Waals surface area (Å²) >= 11 is 0. The summed E-state index contributed by atoms with van der Waals surface area (Å²) in [6.07, 6.45) is 21.4. The van der Waals surface area contributed by atoms with Crippen molar-refractivity contribution in [3.63, 3.8) is 0 Å². The van der Waals surface area contributed by atoms with Crippen molar-refractivity contribution in [2.75, 3.05) is 0 Å². The number of carbonyl (C=O) groups excluding carboxylic acids is 1. The molecule has 1 aromatic rings. The van der Waals surface area contributed by atoms with Crippen molar-refractivity contribution in [3.05, 3.63) is 23.8 Å². The van der Waals surface area contributed by atoms with Crippen molar-refractivity contribution >= 4 is 5.78 Å². The fraction of sp³-hybridized carbons (Fsp3) is 0.720. The smallest absolute Gasteiger partial charge is 0.166 e. The highest BCUT2D eigenvalue weighted by Gasteiger charge is 2.11. The first-order chi connectivity index (χ1) is 13.6. The standard InChI is InChI=1S/C25H42O3/c1-2-3-4-5-6-7-8-9-10-11-12-13-14-15-16-17-18-24(27)23-21-22(26)19-20-25(23)28/h19-21,26,28H,2-18H2,1H3. The molecule has 0 spiro atoms. The maximum absolute atomic E-state index is 12.1. The van der Waals surface area contributed by atoms with Crippen molar-refractivity contribution < 1.29 is 15.0 Å². The number of phenolic OH excluding ortho intramolecular Hbond substituents is 2. The lowest BCUT2D eigenvalue weighted by Gasteiger charge is -2.05. The van der Waals surface area contributed by atoms with Crippen molar-refractivity contribution in [1.29, 1.82) is 0 Å². The maximum Gasteiger partial charge on any atom is 0.166 e. The lowest BCUT2D eigenvalue weighted by Crippen LogP contribution is -1.99. The molecule has 0 radical (unpaired) electrons. The topological polar surface area (TPSA) is 57.5 Å². The average Bonchev–Trinajstić information content (AvgIpc) is 2.69. The van der Waals surface area contributed by atoms with E-state index in [-0.39, 0.29) is 22.8 Å². The molecule has 1 aromatic carbocycles. The van der Waals surface area contributed by atoms with E-state index in [1.165, 1.54) is 108 Å². The summed E-state index contributed by atoms with van der Waals surface area (Å²) in [6.45, 7) is 2.27. The number of phenols is 2. The van der Waals surface area contributed by atoms with Gasteiger partial charge in [0.05, 0.1) is 5.56 Å². The molecular weight excluding hydrogens is 348 g/mol. The zero-order chi connectivity index (χ0) is 20.5. The Morgan fingerprint density at radius 3 is 1.57 bits per heavy atom. The number of hydrogen-bond donors (Lipinski definition) is 2. The normalized spacial score (nSPS) is 11.0. The summed E-state index contributed by atoms with van der Waals surface area (Å²) in [7, 11) is 0. The SMILES string of the molecule is CCCCCCCCCCCCCCCCCCC(=O)c1cc(O)ccc1O. The monoisotopic (exact) mass is 390 g/mol. The number of unbranched alkanes of at least 4 members (excludes halogenated alkanes) is 15. The minimum atomic E-state index is -0.0845.